The summed E-state index contributed by atoms with van der Waals surface area (Å²) in [6.45, 7) is 1.79. The van der Waals surface area contributed by atoms with Gasteiger partial charge in [0.15, 0.2) is 16.6 Å². The largest absolute Gasteiger partial charge is 0.454 e. The van der Waals surface area contributed by atoms with Gasteiger partial charge in [-0.15, -0.1) is 12.4 Å². The topological polar surface area (TPSA) is 54.9 Å². The van der Waals surface area contributed by atoms with Crippen LogP contribution in [0, 0.1) is 0 Å². The molecule has 8 heteroatoms. The number of hydrogen-bond acceptors (Lipinski definition) is 6. The standard InChI is InChI=1S/C21H23N3O3S.ClH/c1-23(2)9-6-10-24(20(25)11-15-7-4-3-5-8-15)21-22-16-12-17-18(27-14-26-17)13-19(16)28-21;/h3-5,7-8,12-13H,6,9-11,14H2,1-2H3;1H. The van der Waals surface area contributed by atoms with E-state index in [1.807, 2.05) is 61.5 Å². The summed E-state index contributed by atoms with van der Waals surface area (Å²) in [5, 5.41) is 0.721. The number of amides is 1. The molecule has 1 amide bonds. The number of aromatic nitrogens is 1. The van der Waals surface area contributed by atoms with E-state index in [4.69, 9.17) is 14.5 Å². The Labute approximate surface area is 180 Å². The molecular formula is C21H24ClN3O3S. The maximum Gasteiger partial charge on any atom is 0.233 e. The number of rotatable bonds is 7. The number of anilines is 1. The number of benzene rings is 2. The highest BCUT2D eigenvalue weighted by molar-refractivity contribution is 7.22. The molecule has 6 nitrogen and oxygen atoms in total. The minimum Gasteiger partial charge on any atom is -0.454 e. The van der Waals surface area contributed by atoms with Crippen LogP contribution in [0.5, 0.6) is 11.5 Å². The van der Waals surface area contributed by atoms with Crippen LogP contribution in [0.3, 0.4) is 0 Å². The van der Waals surface area contributed by atoms with E-state index in [0.29, 0.717) is 18.7 Å². The fraction of sp³-hybridized carbons (Fsp3) is 0.333. The van der Waals surface area contributed by atoms with Gasteiger partial charge in [0.05, 0.1) is 16.6 Å². The van der Waals surface area contributed by atoms with Crippen molar-refractivity contribution in [2.45, 2.75) is 12.8 Å². The average molecular weight is 434 g/mol. The van der Waals surface area contributed by atoms with E-state index in [1.54, 1.807) is 0 Å². The molecule has 0 bridgehead atoms. The molecule has 0 radical (unpaired) electrons. The van der Waals surface area contributed by atoms with Gasteiger partial charge in [-0.1, -0.05) is 41.7 Å². The van der Waals surface area contributed by atoms with E-state index in [9.17, 15) is 4.79 Å². The molecule has 1 aliphatic rings. The number of halogens is 1. The van der Waals surface area contributed by atoms with Crippen molar-refractivity contribution in [1.29, 1.82) is 0 Å². The van der Waals surface area contributed by atoms with Crippen LogP contribution in [0.1, 0.15) is 12.0 Å². The third-order valence-corrected chi connectivity index (χ3v) is 5.63. The van der Waals surface area contributed by atoms with Crippen molar-refractivity contribution >= 4 is 45.0 Å². The third kappa shape index (κ3) is 4.98. The molecule has 2 heterocycles. The van der Waals surface area contributed by atoms with E-state index in [-0.39, 0.29) is 25.1 Å². The van der Waals surface area contributed by atoms with Gasteiger partial charge in [0, 0.05) is 18.7 Å². The summed E-state index contributed by atoms with van der Waals surface area (Å²) in [5.74, 6) is 1.50. The van der Waals surface area contributed by atoms with Crippen LogP contribution in [0.2, 0.25) is 0 Å². The van der Waals surface area contributed by atoms with Gasteiger partial charge in [-0.05, 0) is 32.6 Å². The Morgan fingerprint density at radius 2 is 1.83 bits per heavy atom. The molecule has 0 saturated carbocycles. The van der Waals surface area contributed by atoms with E-state index in [0.717, 1.165) is 39.6 Å². The van der Waals surface area contributed by atoms with Gasteiger partial charge in [0.2, 0.25) is 12.7 Å². The lowest BCUT2D eigenvalue weighted by molar-refractivity contribution is -0.118. The predicted octanol–water partition coefficient (Wildman–Crippen LogP) is 3.97. The molecule has 0 N–H and O–H groups in total. The molecule has 0 saturated heterocycles. The van der Waals surface area contributed by atoms with Crippen molar-refractivity contribution in [2.75, 3.05) is 38.9 Å². The molecule has 1 aromatic heterocycles. The Hall–Kier alpha value is -2.35. The van der Waals surface area contributed by atoms with E-state index >= 15 is 0 Å². The highest BCUT2D eigenvalue weighted by atomic mass is 35.5. The van der Waals surface area contributed by atoms with Crippen molar-refractivity contribution in [1.82, 2.24) is 9.88 Å². The molecule has 0 fully saturated rings. The quantitative estimate of drug-likeness (QED) is 0.564. The normalized spacial score (nSPS) is 12.2. The third-order valence-electron chi connectivity index (χ3n) is 4.59. The second-order valence-corrected chi connectivity index (χ2v) is 8.04. The highest BCUT2D eigenvalue weighted by Crippen LogP contribution is 2.39. The van der Waals surface area contributed by atoms with Gasteiger partial charge in [-0.3, -0.25) is 9.69 Å². The lowest BCUT2D eigenvalue weighted by Gasteiger charge is -2.21. The van der Waals surface area contributed by atoms with Crippen molar-refractivity contribution in [3.8, 4) is 11.5 Å². The Morgan fingerprint density at radius 1 is 1.10 bits per heavy atom. The molecule has 0 aliphatic carbocycles. The summed E-state index contributed by atoms with van der Waals surface area (Å²) in [5.41, 5.74) is 1.83. The summed E-state index contributed by atoms with van der Waals surface area (Å²) < 4.78 is 11.9. The summed E-state index contributed by atoms with van der Waals surface area (Å²) in [6, 6.07) is 13.7. The predicted molar refractivity (Wildman–Crippen MR) is 119 cm³/mol. The molecule has 0 spiro atoms. The smallest absolute Gasteiger partial charge is 0.233 e. The first-order chi connectivity index (χ1) is 13.6. The summed E-state index contributed by atoms with van der Waals surface area (Å²) >= 11 is 1.51. The van der Waals surface area contributed by atoms with Gasteiger partial charge >= 0.3 is 0 Å². The zero-order valence-electron chi connectivity index (χ0n) is 16.5. The SMILES string of the molecule is CN(C)CCCN(C(=O)Cc1ccccc1)c1nc2cc3c(cc2s1)OCO3.Cl. The number of nitrogens with zero attached hydrogens (tertiary/aromatic N) is 3. The summed E-state index contributed by atoms with van der Waals surface area (Å²) in [6.07, 6.45) is 1.24. The molecule has 29 heavy (non-hydrogen) atoms. The first-order valence-corrected chi connectivity index (χ1v) is 10.1. The molecular weight excluding hydrogens is 410 g/mol. The number of fused-ring (bicyclic) bond motifs is 2. The minimum absolute atomic E-state index is 0. The number of hydrogen-bond donors (Lipinski definition) is 0. The van der Waals surface area contributed by atoms with Gasteiger partial charge in [0.25, 0.3) is 0 Å². The van der Waals surface area contributed by atoms with Crippen LogP contribution in [-0.4, -0.2) is 49.8 Å². The number of carbonyl (C=O) groups excluding carboxylic acids is 1. The zero-order chi connectivity index (χ0) is 19.5. The van der Waals surface area contributed by atoms with Crippen molar-refractivity contribution in [3.05, 3.63) is 48.0 Å². The van der Waals surface area contributed by atoms with Crippen molar-refractivity contribution in [2.24, 2.45) is 0 Å². The van der Waals surface area contributed by atoms with Gasteiger partial charge < -0.3 is 14.4 Å². The summed E-state index contributed by atoms with van der Waals surface area (Å²) in [7, 11) is 4.07. The fourth-order valence-electron chi connectivity index (χ4n) is 3.16. The van der Waals surface area contributed by atoms with Crippen LogP contribution in [0.4, 0.5) is 5.13 Å². The van der Waals surface area contributed by atoms with Crippen molar-refractivity contribution < 1.29 is 14.3 Å². The summed E-state index contributed by atoms with van der Waals surface area (Å²) in [4.78, 5) is 21.8. The minimum atomic E-state index is 0. The van der Waals surface area contributed by atoms with E-state index < -0.39 is 0 Å². The van der Waals surface area contributed by atoms with Crippen LogP contribution in [-0.2, 0) is 11.2 Å². The lowest BCUT2D eigenvalue weighted by Crippen LogP contribution is -2.34. The van der Waals surface area contributed by atoms with Crippen molar-refractivity contribution in [3.63, 3.8) is 0 Å². The molecule has 0 unspecified atom stereocenters. The van der Waals surface area contributed by atoms with Crippen LogP contribution >= 0.6 is 23.7 Å². The maximum absolute atomic E-state index is 13.1. The molecule has 154 valence electrons. The zero-order valence-corrected chi connectivity index (χ0v) is 18.1. The number of ether oxygens (including phenoxy) is 2. The Balaban J connectivity index is 0.00000240. The van der Waals surface area contributed by atoms with Gasteiger partial charge in [-0.25, -0.2) is 4.98 Å². The maximum atomic E-state index is 13.1. The number of thiazole rings is 1. The Kier molecular flexibility index (Phi) is 6.95. The van der Waals surface area contributed by atoms with E-state index in [1.165, 1.54) is 11.3 Å². The van der Waals surface area contributed by atoms with Crippen LogP contribution < -0.4 is 14.4 Å². The number of carbonyl (C=O) groups is 1. The van der Waals surface area contributed by atoms with Gasteiger partial charge in [-0.2, -0.15) is 0 Å². The highest BCUT2D eigenvalue weighted by Gasteiger charge is 2.22. The van der Waals surface area contributed by atoms with Crippen LogP contribution in [0.15, 0.2) is 42.5 Å². The van der Waals surface area contributed by atoms with E-state index in [2.05, 4.69) is 4.90 Å². The Bertz CT molecular complexity index is 937. The second kappa shape index (κ2) is 9.43. The fourth-order valence-corrected chi connectivity index (χ4v) is 4.18. The van der Waals surface area contributed by atoms with Gasteiger partial charge in [0.1, 0.15) is 0 Å². The monoisotopic (exact) mass is 433 g/mol. The first-order valence-electron chi connectivity index (χ1n) is 9.29. The second-order valence-electron chi connectivity index (χ2n) is 7.03. The Morgan fingerprint density at radius 3 is 2.55 bits per heavy atom. The van der Waals surface area contributed by atoms with Crippen LogP contribution in [0.25, 0.3) is 10.2 Å². The lowest BCUT2D eigenvalue weighted by atomic mass is 10.1. The molecule has 0 atom stereocenters. The first kappa shape index (κ1) is 21.4. The molecule has 2 aromatic carbocycles. The average Bonchev–Trinajstić information content (AvgIpc) is 3.29. The molecule has 3 aromatic rings. The molecule has 1 aliphatic heterocycles. The molecule has 4 rings (SSSR count).